The Morgan fingerprint density at radius 1 is 1.44 bits per heavy atom. The largest absolute Gasteiger partial charge is 0.493 e. The predicted molar refractivity (Wildman–Crippen MR) is 108 cm³/mol. The van der Waals surface area contributed by atoms with E-state index in [-0.39, 0.29) is 0 Å². The summed E-state index contributed by atoms with van der Waals surface area (Å²) in [6.07, 6.45) is 6.55. The SMILES string of the molecule is Cn1ncc(Br)c1-c1cc(NC(=O)O)ccc1OCCC1CCCCCN1. The van der Waals surface area contributed by atoms with Gasteiger partial charge in [0.05, 0.1) is 23.0 Å². The molecule has 1 saturated heterocycles. The predicted octanol–water partition coefficient (Wildman–Crippen LogP) is 4.24. The summed E-state index contributed by atoms with van der Waals surface area (Å²) in [6.45, 7) is 1.68. The maximum Gasteiger partial charge on any atom is 0.409 e. The molecule has 1 aromatic heterocycles. The second-order valence-corrected chi connectivity index (χ2v) is 7.60. The Morgan fingerprint density at radius 2 is 2.30 bits per heavy atom. The van der Waals surface area contributed by atoms with Crippen LogP contribution in [0.25, 0.3) is 11.3 Å². The number of rotatable bonds is 6. The van der Waals surface area contributed by atoms with Crippen molar-refractivity contribution in [1.29, 1.82) is 0 Å². The van der Waals surface area contributed by atoms with E-state index >= 15 is 0 Å². The fraction of sp³-hybridized carbons (Fsp3) is 0.474. The first-order valence-electron chi connectivity index (χ1n) is 9.22. The number of nitrogens with one attached hydrogen (secondary N) is 2. The summed E-state index contributed by atoms with van der Waals surface area (Å²) < 4.78 is 8.66. The van der Waals surface area contributed by atoms with Crippen LogP contribution in [0.5, 0.6) is 5.75 Å². The molecule has 0 saturated carbocycles. The number of ether oxygens (including phenoxy) is 1. The molecule has 0 radical (unpaired) electrons. The molecule has 1 amide bonds. The second-order valence-electron chi connectivity index (χ2n) is 6.74. The van der Waals surface area contributed by atoms with E-state index < -0.39 is 6.09 Å². The van der Waals surface area contributed by atoms with Crippen molar-refractivity contribution in [3.05, 3.63) is 28.9 Å². The number of halogens is 1. The number of anilines is 1. The van der Waals surface area contributed by atoms with Gasteiger partial charge in [-0.15, -0.1) is 0 Å². The van der Waals surface area contributed by atoms with Crippen LogP contribution in [0.15, 0.2) is 28.9 Å². The molecule has 3 N–H and O–H groups in total. The van der Waals surface area contributed by atoms with Gasteiger partial charge < -0.3 is 15.2 Å². The highest BCUT2D eigenvalue weighted by atomic mass is 79.9. The highest BCUT2D eigenvalue weighted by molar-refractivity contribution is 9.10. The lowest BCUT2D eigenvalue weighted by atomic mass is 10.1. The van der Waals surface area contributed by atoms with Crippen LogP contribution < -0.4 is 15.4 Å². The molecule has 27 heavy (non-hydrogen) atoms. The first kappa shape index (κ1) is 19.7. The summed E-state index contributed by atoms with van der Waals surface area (Å²) in [5.41, 5.74) is 2.12. The molecule has 7 nitrogen and oxygen atoms in total. The van der Waals surface area contributed by atoms with Crippen molar-refractivity contribution in [1.82, 2.24) is 15.1 Å². The van der Waals surface area contributed by atoms with Gasteiger partial charge in [0.2, 0.25) is 0 Å². The molecule has 1 unspecified atom stereocenters. The summed E-state index contributed by atoms with van der Waals surface area (Å²) in [6, 6.07) is 5.78. The summed E-state index contributed by atoms with van der Waals surface area (Å²) in [5.74, 6) is 0.712. The first-order valence-corrected chi connectivity index (χ1v) is 10.0. The Morgan fingerprint density at radius 3 is 3.04 bits per heavy atom. The molecule has 1 aliphatic heterocycles. The zero-order valence-electron chi connectivity index (χ0n) is 15.4. The number of aryl methyl sites for hydroxylation is 1. The number of hydrogen-bond acceptors (Lipinski definition) is 4. The molecule has 1 fully saturated rings. The van der Waals surface area contributed by atoms with Crippen LogP contribution in [0.4, 0.5) is 10.5 Å². The number of carbonyl (C=O) groups is 1. The van der Waals surface area contributed by atoms with Crippen LogP contribution in [0.3, 0.4) is 0 Å². The van der Waals surface area contributed by atoms with E-state index in [1.165, 1.54) is 25.7 Å². The van der Waals surface area contributed by atoms with Gasteiger partial charge in [-0.2, -0.15) is 5.10 Å². The number of aromatic nitrogens is 2. The van der Waals surface area contributed by atoms with E-state index in [2.05, 4.69) is 31.7 Å². The molecule has 146 valence electrons. The van der Waals surface area contributed by atoms with Gasteiger partial charge in [-0.1, -0.05) is 12.8 Å². The van der Waals surface area contributed by atoms with Gasteiger partial charge in [-0.3, -0.25) is 10.00 Å². The number of carboxylic acid groups (broad SMARTS) is 1. The molecule has 3 rings (SSSR count). The lowest BCUT2D eigenvalue weighted by Gasteiger charge is -2.18. The maximum absolute atomic E-state index is 11.0. The molecule has 8 heteroatoms. The average Bonchev–Trinajstić information content (AvgIpc) is 2.82. The Balaban J connectivity index is 1.78. The van der Waals surface area contributed by atoms with Crippen LogP contribution in [0, 0.1) is 0 Å². The van der Waals surface area contributed by atoms with Crippen LogP contribution in [-0.2, 0) is 7.05 Å². The molecular weight excluding hydrogens is 412 g/mol. The molecule has 0 aliphatic carbocycles. The Hall–Kier alpha value is -2.06. The Labute approximate surface area is 167 Å². The highest BCUT2D eigenvalue weighted by Gasteiger charge is 2.17. The van der Waals surface area contributed by atoms with Crippen LogP contribution in [0.2, 0.25) is 0 Å². The Kier molecular flexibility index (Phi) is 6.73. The lowest BCUT2D eigenvalue weighted by molar-refractivity contribution is 0.209. The zero-order chi connectivity index (χ0) is 19.2. The fourth-order valence-electron chi connectivity index (χ4n) is 3.41. The van der Waals surface area contributed by atoms with E-state index in [9.17, 15) is 4.79 Å². The third kappa shape index (κ3) is 5.23. The normalized spacial score (nSPS) is 17.3. The number of nitrogens with zero attached hydrogens (tertiary/aromatic N) is 2. The minimum atomic E-state index is -1.10. The van der Waals surface area contributed by atoms with Gasteiger partial charge in [-0.25, -0.2) is 4.79 Å². The molecule has 1 aromatic carbocycles. The third-order valence-electron chi connectivity index (χ3n) is 4.77. The van der Waals surface area contributed by atoms with Crippen molar-refractivity contribution in [3.63, 3.8) is 0 Å². The summed E-state index contributed by atoms with van der Waals surface area (Å²) in [5, 5.41) is 19.2. The smallest absolute Gasteiger partial charge is 0.409 e. The highest BCUT2D eigenvalue weighted by Crippen LogP contribution is 2.36. The molecule has 2 heterocycles. The van der Waals surface area contributed by atoms with Crippen molar-refractivity contribution in [3.8, 4) is 17.0 Å². The summed E-state index contributed by atoms with van der Waals surface area (Å²) >= 11 is 3.52. The quantitative estimate of drug-likeness (QED) is 0.629. The summed E-state index contributed by atoms with van der Waals surface area (Å²) in [4.78, 5) is 11.0. The van der Waals surface area contributed by atoms with E-state index in [0.29, 0.717) is 24.1 Å². The van der Waals surface area contributed by atoms with E-state index in [1.54, 1.807) is 29.1 Å². The average molecular weight is 437 g/mol. The number of benzene rings is 1. The van der Waals surface area contributed by atoms with Gasteiger partial charge in [0.15, 0.2) is 0 Å². The van der Waals surface area contributed by atoms with E-state index in [4.69, 9.17) is 9.84 Å². The molecule has 2 aromatic rings. The maximum atomic E-state index is 11.0. The monoisotopic (exact) mass is 436 g/mol. The third-order valence-corrected chi connectivity index (χ3v) is 5.35. The van der Waals surface area contributed by atoms with Gasteiger partial charge in [0.1, 0.15) is 5.75 Å². The topological polar surface area (TPSA) is 88.4 Å². The fourth-order valence-corrected chi connectivity index (χ4v) is 3.98. The standard InChI is InChI=1S/C19H25BrN4O3/c1-24-18(16(20)12-22-24)15-11-14(23-19(25)26)6-7-17(15)27-10-8-13-5-3-2-4-9-21-13/h6-7,11-13,21,23H,2-5,8-10H2,1H3,(H,25,26). The Bertz CT molecular complexity index is 766. The van der Waals surface area contributed by atoms with Gasteiger partial charge >= 0.3 is 6.09 Å². The molecule has 1 atom stereocenters. The van der Waals surface area contributed by atoms with Gasteiger partial charge in [0.25, 0.3) is 0 Å². The second kappa shape index (κ2) is 9.23. The minimum absolute atomic E-state index is 0.489. The molecule has 0 spiro atoms. The molecule has 0 bridgehead atoms. The van der Waals surface area contributed by atoms with Crippen molar-refractivity contribution < 1.29 is 14.6 Å². The van der Waals surface area contributed by atoms with Gasteiger partial charge in [-0.05, 0) is 59.9 Å². The van der Waals surface area contributed by atoms with Crippen molar-refractivity contribution in [2.45, 2.75) is 38.1 Å². The first-order chi connectivity index (χ1) is 13.0. The van der Waals surface area contributed by atoms with Crippen molar-refractivity contribution in [2.24, 2.45) is 7.05 Å². The number of hydrogen-bond donors (Lipinski definition) is 3. The van der Waals surface area contributed by atoms with Crippen molar-refractivity contribution in [2.75, 3.05) is 18.5 Å². The zero-order valence-corrected chi connectivity index (χ0v) is 17.0. The van der Waals surface area contributed by atoms with Crippen LogP contribution >= 0.6 is 15.9 Å². The molecule has 1 aliphatic rings. The van der Waals surface area contributed by atoms with Crippen molar-refractivity contribution >= 4 is 27.7 Å². The van der Waals surface area contributed by atoms with Crippen LogP contribution in [0.1, 0.15) is 32.1 Å². The summed E-state index contributed by atoms with van der Waals surface area (Å²) in [7, 11) is 1.84. The van der Waals surface area contributed by atoms with Crippen LogP contribution in [-0.4, -0.2) is 40.2 Å². The van der Waals surface area contributed by atoms with Gasteiger partial charge in [0, 0.05) is 24.3 Å². The lowest BCUT2D eigenvalue weighted by Crippen LogP contribution is -2.29. The minimum Gasteiger partial charge on any atom is -0.493 e. The molecular formula is C19H25BrN4O3. The van der Waals surface area contributed by atoms with E-state index in [1.807, 2.05) is 7.05 Å². The number of amides is 1. The van der Waals surface area contributed by atoms with E-state index in [0.717, 1.165) is 28.7 Å².